The molecule has 4 heterocycles. The third kappa shape index (κ3) is 2.78. The number of amides is 1. The molecule has 0 N–H and O–H groups in total. The number of thiazole rings is 1. The number of aromatic nitrogens is 2. The number of ether oxygens (including phenoxy) is 1. The van der Waals surface area contributed by atoms with Gasteiger partial charge in [0.15, 0.2) is 4.96 Å². The molecule has 9 heteroatoms. The second kappa shape index (κ2) is 6.59. The van der Waals surface area contributed by atoms with E-state index in [4.69, 9.17) is 4.74 Å². The van der Waals surface area contributed by atoms with E-state index < -0.39 is 12.0 Å². The molecule has 1 aliphatic carbocycles. The fourth-order valence-electron chi connectivity index (χ4n) is 4.45. The first-order chi connectivity index (χ1) is 13.5. The van der Waals surface area contributed by atoms with Crippen molar-refractivity contribution >= 4 is 39.9 Å². The minimum atomic E-state index is -0.552. The molecule has 3 aliphatic rings. The monoisotopic (exact) mass is 419 g/mol. The largest absolute Gasteiger partial charge is 0.458 e. The van der Waals surface area contributed by atoms with E-state index >= 15 is 0 Å². The highest BCUT2D eigenvalue weighted by molar-refractivity contribution is 8.01. The molecular weight excluding hydrogens is 398 g/mol. The van der Waals surface area contributed by atoms with Gasteiger partial charge in [0.2, 0.25) is 5.91 Å². The average Bonchev–Trinajstić information content (AvgIpc) is 3.30. The SMILES string of the molecule is C[C@]12CCC(=O)N1[C@H](C(=O)OCc1cc(=O)n3c4c(sc3n1)CCCC4)CS2. The van der Waals surface area contributed by atoms with Crippen LogP contribution in [0, 0.1) is 0 Å². The van der Waals surface area contributed by atoms with Crippen LogP contribution in [0.1, 0.15) is 48.9 Å². The molecule has 0 saturated carbocycles. The van der Waals surface area contributed by atoms with Crippen molar-refractivity contribution < 1.29 is 14.3 Å². The lowest BCUT2D eigenvalue weighted by Crippen LogP contribution is -2.46. The average molecular weight is 420 g/mol. The van der Waals surface area contributed by atoms with Gasteiger partial charge in [-0.15, -0.1) is 23.1 Å². The summed E-state index contributed by atoms with van der Waals surface area (Å²) in [5, 5.41) is 0. The number of nitrogens with zero attached hydrogens (tertiary/aromatic N) is 3. The van der Waals surface area contributed by atoms with Crippen LogP contribution in [0.2, 0.25) is 0 Å². The number of esters is 1. The Labute approximate surface area is 170 Å². The van der Waals surface area contributed by atoms with E-state index in [9.17, 15) is 14.4 Å². The Morgan fingerprint density at radius 1 is 1.32 bits per heavy atom. The van der Waals surface area contributed by atoms with Crippen molar-refractivity contribution in [3.8, 4) is 0 Å². The zero-order valence-electron chi connectivity index (χ0n) is 15.6. The van der Waals surface area contributed by atoms with E-state index in [0.29, 0.717) is 22.8 Å². The van der Waals surface area contributed by atoms with E-state index in [1.54, 1.807) is 32.4 Å². The molecule has 148 valence electrons. The van der Waals surface area contributed by atoms with Crippen molar-refractivity contribution in [1.29, 1.82) is 0 Å². The Bertz CT molecular complexity index is 1050. The van der Waals surface area contributed by atoms with Crippen LogP contribution >= 0.6 is 23.1 Å². The van der Waals surface area contributed by atoms with Gasteiger partial charge in [-0.1, -0.05) is 0 Å². The third-order valence-electron chi connectivity index (χ3n) is 5.89. The number of rotatable bonds is 3. The predicted molar refractivity (Wildman–Crippen MR) is 107 cm³/mol. The molecular formula is C19H21N3O4S2. The van der Waals surface area contributed by atoms with Gasteiger partial charge in [0.1, 0.15) is 12.6 Å². The van der Waals surface area contributed by atoms with Gasteiger partial charge in [0.05, 0.1) is 10.6 Å². The molecule has 2 aromatic rings. The topological polar surface area (TPSA) is 81.0 Å². The van der Waals surface area contributed by atoms with Crippen molar-refractivity contribution in [2.24, 2.45) is 0 Å². The molecule has 2 atom stereocenters. The van der Waals surface area contributed by atoms with Crippen molar-refractivity contribution in [2.75, 3.05) is 5.75 Å². The first-order valence-electron chi connectivity index (χ1n) is 9.62. The molecule has 0 unspecified atom stereocenters. The Balaban J connectivity index is 1.34. The highest BCUT2D eigenvalue weighted by Gasteiger charge is 2.53. The summed E-state index contributed by atoms with van der Waals surface area (Å²) in [5.41, 5.74) is 1.43. The zero-order valence-corrected chi connectivity index (χ0v) is 17.2. The summed E-state index contributed by atoms with van der Waals surface area (Å²) in [5.74, 6) is 0.142. The number of aryl methyl sites for hydroxylation is 2. The van der Waals surface area contributed by atoms with Gasteiger partial charge in [-0.05, 0) is 39.0 Å². The van der Waals surface area contributed by atoms with Gasteiger partial charge in [-0.3, -0.25) is 14.0 Å². The van der Waals surface area contributed by atoms with Crippen LogP contribution in [0.25, 0.3) is 4.96 Å². The minimum absolute atomic E-state index is 0.0106. The van der Waals surface area contributed by atoms with E-state index in [2.05, 4.69) is 4.98 Å². The molecule has 7 nitrogen and oxygen atoms in total. The molecule has 0 aromatic carbocycles. The lowest BCUT2D eigenvalue weighted by atomic mass is 10.0. The molecule has 0 bridgehead atoms. The summed E-state index contributed by atoms with van der Waals surface area (Å²) in [6, 6.07) is 0.903. The van der Waals surface area contributed by atoms with Crippen molar-refractivity contribution in [3.05, 3.63) is 32.7 Å². The van der Waals surface area contributed by atoms with Crippen LogP contribution in [0.15, 0.2) is 10.9 Å². The van der Waals surface area contributed by atoms with E-state index in [0.717, 1.165) is 37.8 Å². The van der Waals surface area contributed by atoms with E-state index in [-0.39, 0.29) is 22.9 Å². The van der Waals surface area contributed by atoms with Gasteiger partial charge < -0.3 is 9.64 Å². The number of carbonyl (C=O) groups is 2. The summed E-state index contributed by atoms with van der Waals surface area (Å²) in [6.07, 6.45) is 5.39. The molecule has 5 rings (SSSR count). The maximum Gasteiger partial charge on any atom is 0.330 e. The van der Waals surface area contributed by atoms with Gasteiger partial charge in [0.25, 0.3) is 5.56 Å². The summed E-state index contributed by atoms with van der Waals surface area (Å²) < 4.78 is 7.17. The van der Waals surface area contributed by atoms with Crippen molar-refractivity contribution in [3.63, 3.8) is 0 Å². The minimum Gasteiger partial charge on any atom is -0.458 e. The number of carbonyl (C=O) groups excluding carboxylic acids is 2. The van der Waals surface area contributed by atoms with Gasteiger partial charge in [-0.2, -0.15) is 0 Å². The Morgan fingerprint density at radius 2 is 2.14 bits per heavy atom. The summed E-state index contributed by atoms with van der Waals surface area (Å²) in [7, 11) is 0. The maximum atomic E-state index is 12.6. The lowest BCUT2D eigenvalue weighted by molar-refractivity contribution is -0.154. The predicted octanol–water partition coefficient (Wildman–Crippen LogP) is 2.13. The highest BCUT2D eigenvalue weighted by Crippen LogP contribution is 2.47. The van der Waals surface area contributed by atoms with Gasteiger partial charge >= 0.3 is 5.97 Å². The normalized spacial score (nSPS) is 26.5. The van der Waals surface area contributed by atoms with Crippen LogP contribution in [-0.4, -0.2) is 42.8 Å². The smallest absolute Gasteiger partial charge is 0.330 e. The van der Waals surface area contributed by atoms with Crippen LogP contribution in [0.5, 0.6) is 0 Å². The Kier molecular flexibility index (Phi) is 4.28. The molecule has 2 aliphatic heterocycles. The zero-order chi connectivity index (χ0) is 19.5. The molecule has 0 spiro atoms. The fourth-order valence-corrected chi connectivity index (χ4v) is 7.10. The summed E-state index contributed by atoms with van der Waals surface area (Å²) in [4.78, 5) is 45.2. The summed E-state index contributed by atoms with van der Waals surface area (Å²) >= 11 is 3.19. The van der Waals surface area contributed by atoms with Crippen LogP contribution in [-0.2, 0) is 33.8 Å². The number of fused-ring (bicyclic) bond motifs is 4. The first kappa shape index (κ1) is 18.2. The molecule has 2 aromatic heterocycles. The molecule has 28 heavy (non-hydrogen) atoms. The standard InChI is InChI=1S/C19H21N3O4S2/c1-19-7-6-15(23)22(19)13(10-27-19)17(25)26-9-11-8-16(24)21-12-4-2-3-5-14(12)28-18(21)20-11/h8,13H,2-7,9-10H2,1H3/t13-,19-/m0/s1. The maximum absolute atomic E-state index is 12.6. The number of hydrogen-bond donors (Lipinski definition) is 0. The van der Waals surface area contributed by atoms with E-state index in [1.807, 2.05) is 6.92 Å². The highest BCUT2D eigenvalue weighted by atomic mass is 32.2. The van der Waals surface area contributed by atoms with E-state index in [1.165, 1.54) is 10.9 Å². The van der Waals surface area contributed by atoms with Gasteiger partial charge in [0, 0.05) is 28.8 Å². The molecule has 2 fully saturated rings. The second-order valence-electron chi connectivity index (χ2n) is 7.76. The number of thioether (sulfide) groups is 1. The van der Waals surface area contributed by atoms with Crippen LogP contribution < -0.4 is 5.56 Å². The van der Waals surface area contributed by atoms with Crippen LogP contribution in [0.3, 0.4) is 0 Å². The van der Waals surface area contributed by atoms with Crippen LogP contribution in [0.4, 0.5) is 0 Å². The summed E-state index contributed by atoms with van der Waals surface area (Å²) in [6.45, 7) is 1.96. The molecule has 2 saturated heterocycles. The second-order valence-corrected chi connectivity index (χ2v) is 10.3. The first-order valence-corrected chi connectivity index (χ1v) is 11.4. The molecule has 0 radical (unpaired) electrons. The Hall–Kier alpha value is -1.87. The van der Waals surface area contributed by atoms with Crippen molar-refractivity contribution in [1.82, 2.24) is 14.3 Å². The quantitative estimate of drug-likeness (QED) is 0.709. The van der Waals surface area contributed by atoms with Gasteiger partial charge in [-0.25, -0.2) is 9.78 Å². The third-order valence-corrected chi connectivity index (χ3v) is 8.54. The number of hydrogen-bond acceptors (Lipinski definition) is 7. The lowest BCUT2D eigenvalue weighted by Gasteiger charge is -2.29. The molecule has 1 amide bonds. The van der Waals surface area contributed by atoms with Crippen molar-refractivity contribution in [2.45, 2.75) is 63.0 Å². The fraction of sp³-hybridized carbons (Fsp3) is 0.579. The Morgan fingerprint density at radius 3 is 3.00 bits per heavy atom.